The SMILES string of the molecule is CC(CCC(C)(C)O)[C@H]1CCC2C3CC=C4C[C@](O)(CF)CC[C@@H]4C3CC[C@@]21C. The van der Waals surface area contributed by atoms with Crippen LogP contribution in [0, 0.1) is 40.9 Å². The molecule has 4 unspecified atom stereocenters. The lowest BCUT2D eigenvalue weighted by Gasteiger charge is -2.55. The minimum atomic E-state index is -1.09. The van der Waals surface area contributed by atoms with E-state index in [9.17, 15) is 14.6 Å². The fourth-order valence-corrected chi connectivity index (χ4v) is 8.24. The van der Waals surface area contributed by atoms with E-state index in [-0.39, 0.29) is 0 Å². The molecule has 0 saturated heterocycles. The summed E-state index contributed by atoms with van der Waals surface area (Å²) in [5.41, 5.74) is 0.166. The maximum atomic E-state index is 13.3. The highest BCUT2D eigenvalue weighted by atomic mass is 19.1. The van der Waals surface area contributed by atoms with Crippen LogP contribution in [0.25, 0.3) is 0 Å². The van der Waals surface area contributed by atoms with Crippen molar-refractivity contribution in [3.05, 3.63) is 11.6 Å². The second-order valence-electron chi connectivity index (χ2n) is 12.2. The van der Waals surface area contributed by atoms with Crippen LogP contribution in [0.1, 0.15) is 91.9 Å². The van der Waals surface area contributed by atoms with E-state index in [1.165, 1.54) is 31.3 Å². The molecular formula is C26H43FO2. The summed E-state index contributed by atoms with van der Waals surface area (Å²) in [6, 6.07) is 0. The van der Waals surface area contributed by atoms with Gasteiger partial charge in [-0.2, -0.15) is 0 Å². The molecule has 0 heterocycles. The Kier molecular flexibility index (Phi) is 5.73. The molecule has 0 bridgehead atoms. The third-order valence-corrected chi connectivity index (χ3v) is 9.81. The largest absolute Gasteiger partial charge is 0.390 e. The van der Waals surface area contributed by atoms with Crippen molar-refractivity contribution in [2.45, 2.75) is 103 Å². The highest BCUT2D eigenvalue weighted by Crippen LogP contribution is 2.65. The first-order valence-corrected chi connectivity index (χ1v) is 12.3. The van der Waals surface area contributed by atoms with Crippen LogP contribution in [-0.4, -0.2) is 28.1 Å². The first-order chi connectivity index (χ1) is 13.6. The van der Waals surface area contributed by atoms with Gasteiger partial charge >= 0.3 is 0 Å². The third-order valence-electron chi connectivity index (χ3n) is 9.81. The fraction of sp³-hybridized carbons (Fsp3) is 0.923. The minimum Gasteiger partial charge on any atom is -0.390 e. The zero-order valence-electron chi connectivity index (χ0n) is 19.1. The molecule has 2 N–H and O–H groups in total. The van der Waals surface area contributed by atoms with Crippen LogP contribution in [0.2, 0.25) is 0 Å². The molecule has 3 heteroatoms. The van der Waals surface area contributed by atoms with Crippen molar-refractivity contribution in [1.82, 2.24) is 0 Å². The normalized spacial score (nSPS) is 45.8. The first-order valence-electron chi connectivity index (χ1n) is 12.3. The predicted molar refractivity (Wildman–Crippen MR) is 116 cm³/mol. The number of alkyl halides is 1. The molecule has 0 aliphatic heterocycles. The number of aliphatic hydroxyl groups is 2. The number of fused-ring (bicyclic) bond motifs is 5. The quantitative estimate of drug-likeness (QED) is 0.545. The molecule has 4 aliphatic rings. The highest BCUT2D eigenvalue weighted by molar-refractivity contribution is 5.22. The number of hydrogen-bond acceptors (Lipinski definition) is 2. The monoisotopic (exact) mass is 406 g/mol. The number of allylic oxidation sites excluding steroid dienone is 1. The second-order valence-corrected chi connectivity index (χ2v) is 12.2. The van der Waals surface area contributed by atoms with Crippen LogP contribution in [-0.2, 0) is 0 Å². The molecule has 2 nitrogen and oxygen atoms in total. The van der Waals surface area contributed by atoms with Gasteiger partial charge in [0.1, 0.15) is 6.67 Å². The molecule has 0 spiro atoms. The van der Waals surface area contributed by atoms with Crippen molar-refractivity contribution in [3.63, 3.8) is 0 Å². The topological polar surface area (TPSA) is 40.5 Å². The van der Waals surface area contributed by atoms with E-state index in [4.69, 9.17) is 0 Å². The van der Waals surface area contributed by atoms with E-state index >= 15 is 0 Å². The fourth-order valence-electron chi connectivity index (χ4n) is 8.24. The smallest absolute Gasteiger partial charge is 0.118 e. The lowest BCUT2D eigenvalue weighted by atomic mass is 9.50. The Morgan fingerprint density at radius 3 is 2.62 bits per heavy atom. The van der Waals surface area contributed by atoms with E-state index in [0.717, 1.165) is 49.4 Å². The van der Waals surface area contributed by atoms with Crippen molar-refractivity contribution < 1.29 is 14.6 Å². The Balaban J connectivity index is 1.48. The van der Waals surface area contributed by atoms with Gasteiger partial charge in [0.2, 0.25) is 0 Å². The summed E-state index contributed by atoms with van der Waals surface area (Å²) in [6.45, 7) is 8.27. The van der Waals surface area contributed by atoms with Crippen molar-refractivity contribution in [1.29, 1.82) is 0 Å². The summed E-state index contributed by atoms with van der Waals surface area (Å²) in [7, 11) is 0. The first kappa shape index (κ1) is 21.8. The minimum absolute atomic E-state index is 0.444. The van der Waals surface area contributed by atoms with Gasteiger partial charge in [-0.05, 0) is 119 Å². The van der Waals surface area contributed by atoms with E-state index in [1.54, 1.807) is 0 Å². The molecule has 3 saturated carbocycles. The summed E-state index contributed by atoms with van der Waals surface area (Å²) < 4.78 is 13.3. The summed E-state index contributed by atoms with van der Waals surface area (Å²) in [4.78, 5) is 0. The van der Waals surface area contributed by atoms with Crippen LogP contribution in [0.4, 0.5) is 4.39 Å². The number of hydrogen-bond donors (Lipinski definition) is 2. The van der Waals surface area contributed by atoms with Gasteiger partial charge in [0.15, 0.2) is 0 Å². The lowest BCUT2D eigenvalue weighted by molar-refractivity contribution is -0.0523. The van der Waals surface area contributed by atoms with Gasteiger partial charge in [-0.15, -0.1) is 0 Å². The van der Waals surface area contributed by atoms with Gasteiger partial charge in [-0.3, -0.25) is 0 Å². The number of rotatable bonds is 5. The molecule has 0 amide bonds. The van der Waals surface area contributed by atoms with E-state index in [2.05, 4.69) is 19.9 Å². The Hall–Kier alpha value is -0.410. The third kappa shape index (κ3) is 3.95. The summed E-state index contributed by atoms with van der Waals surface area (Å²) in [5, 5.41) is 20.7. The zero-order valence-corrected chi connectivity index (χ0v) is 19.1. The maximum absolute atomic E-state index is 13.3. The summed E-state index contributed by atoms with van der Waals surface area (Å²) >= 11 is 0. The summed E-state index contributed by atoms with van der Waals surface area (Å²) in [6.07, 6.45) is 13.1. The average molecular weight is 407 g/mol. The molecule has 8 atom stereocenters. The molecule has 166 valence electrons. The molecule has 4 aliphatic carbocycles. The predicted octanol–water partition coefficient (Wildman–Crippen LogP) is 6.06. The molecule has 4 rings (SSSR count). The maximum Gasteiger partial charge on any atom is 0.118 e. The van der Waals surface area contributed by atoms with Crippen molar-refractivity contribution in [3.8, 4) is 0 Å². The van der Waals surface area contributed by atoms with Crippen molar-refractivity contribution in [2.75, 3.05) is 6.67 Å². The molecule has 0 aromatic rings. The average Bonchev–Trinajstić information content (AvgIpc) is 3.02. The van der Waals surface area contributed by atoms with Gasteiger partial charge < -0.3 is 10.2 Å². The van der Waals surface area contributed by atoms with Gasteiger partial charge in [-0.1, -0.05) is 25.5 Å². The molecule has 29 heavy (non-hydrogen) atoms. The summed E-state index contributed by atoms with van der Waals surface area (Å²) in [5.74, 6) is 4.40. The molecule has 3 fully saturated rings. The molecule has 0 radical (unpaired) electrons. The molecule has 0 aromatic heterocycles. The van der Waals surface area contributed by atoms with Gasteiger partial charge in [0, 0.05) is 0 Å². The van der Waals surface area contributed by atoms with Gasteiger partial charge in [0.05, 0.1) is 11.2 Å². The lowest BCUT2D eigenvalue weighted by Crippen LogP contribution is -2.48. The standard InChI is InChI=1S/C26H43FO2/c1-17(9-12-24(2,3)28)22-7-8-23-21-6-5-18-15-26(29,16-27)14-11-19(18)20(21)10-13-25(22,23)4/h5,17,19-23,28-29H,6-16H2,1-4H3/t17?,19-,20?,21?,22+,23?,25+,26-/m0/s1. The van der Waals surface area contributed by atoms with E-state index < -0.39 is 17.9 Å². The Morgan fingerprint density at radius 1 is 1.17 bits per heavy atom. The van der Waals surface area contributed by atoms with Gasteiger partial charge in [-0.25, -0.2) is 4.39 Å². The van der Waals surface area contributed by atoms with Crippen molar-refractivity contribution in [2.24, 2.45) is 40.9 Å². The Bertz CT molecular complexity index is 637. The Morgan fingerprint density at radius 2 is 1.93 bits per heavy atom. The van der Waals surface area contributed by atoms with Crippen LogP contribution in [0.3, 0.4) is 0 Å². The number of halogens is 1. The van der Waals surface area contributed by atoms with Crippen LogP contribution in [0.5, 0.6) is 0 Å². The Labute approximate surface area is 177 Å². The second kappa shape index (κ2) is 7.62. The van der Waals surface area contributed by atoms with E-state index in [0.29, 0.717) is 30.1 Å². The highest BCUT2D eigenvalue weighted by Gasteiger charge is 2.57. The molecule has 0 aromatic carbocycles. The van der Waals surface area contributed by atoms with E-state index in [1.807, 2.05) is 13.8 Å². The van der Waals surface area contributed by atoms with Crippen LogP contribution < -0.4 is 0 Å². The van der Waals surface area contributed by atoms with Crippen LogP contribution in [0.15, 0.2) is 11.6 Å². The zero-order chi connectivity index (χ0) is 21.0. The van der Waals surface area contributed by atoms with Gasteiger partial charge in [0.25, 0.3) is 0 Å². The van der Waals surface area contributed by atoms with Crippen LogP contribution >= 0.6 is 0 Å². The molecular weight excluding hydrogens is 363 g/mol. The van der Waals surface area contributed by atoms with Crippen molar-refractivity contribution >= 4 is 0 Å².